The molecule has 9 heteroatoms. The smallest absolute Gasteiger partial charge is 0.335 e. The third-order valence-electron chi connectivity index (χ3n) is 3.44. The summed E-state index contributed by atoms with van der Waals surface area (Å²) in [6, 6.07) is 3.59. The fourth-order valence-corrected chi connectivity index (χ4v) is 2.14. The lowest BCUT2D eigenvalue weighted by Crippen LogP contribution is -2.39. The Bertz CT molecular complexity index is 682. The van der Waals surface area contributed by atoms with Crippen molar-refractivity contribution in [2.45, 2.75) is 31.1 Å². The number of halogens is 3. The zero-order valence-corrected chi connectivity index (χ0v) is 11.9. The summed E-state index contributed by atoms with van der Waals surface area (Å²) in [6.07, 6.45) is -1.41. The topological polar surface area (TPSA) is 82.7 Å². The SMILES string of the molecule is O=C(NC1CC1)N[C@@H](c1cccc(C(F)(F)F)c1)c1ncn[nH]1. The quantitative estimate of drug-likeness (QED) is 0.807. The van der Waals surface area contributed by atoms with Crippen LogP contribution in [0.1, 0.15) is 35.8 Å². The van der Waals surface area contributed by atoms with E-state index in [9.17, 15) is 18.0 Å². The second-order valence-electron chi connectivity index (χ2n) is 5.32. The first-order valence-electron chi connectivity index (χ1n) is 7.03. The number of nitrogens with zero attached hydrogens (tertiary/aromatic N) is 2. The Morgan fingerprint density at radius 3 is 2.74 bits per heavy atom. The molecule has 1 aliphatic rings. The van der Waals surface area contributed by atoms with Crippen molar-refractivity contribution >= 4 is 6.03 Å². The van der Waals surface area contributed by atoms with E-state index in [1.165, 1.54) is 18.5 Å². The number of aromatic amines is 1. The van der Waals surface area contributed by atoms with Crippen LogP contribution in [0.25, 0.3) is 0 Å². The van der Waals surface area contributed by atoms with E-state index in [-0.39, 0.29) is 17.4 Å². The molecule has 3 rings (SSSR count). The van der Waals surface area contributed by atoms with Gasteiger partial charge in [-0.2, -0.15) is 18.3 Å². The number of hydrogen-bond acceptors (Lipinski definition) is 3. The van der Waals surface area contributed by atoms with Crippen molar-refractivity contribution in [2.24, 2.45) is 0 Å². The Hall–Kier alpha value is -2.58. The largest absolute Gasteiger partial charge is 0.416 e. The number of amides is 2. The third kappa shape index (κ3) is 3.79. The van der Waals surface area contributed by atoms with Crippen molar-refractivity contribution in [3.63, 3.8) is 0 Å². The summed E-state index contributed by atoms with van der Waals surface area (Å²) in [5.41, 5.74) is -0.522. The molecule has 2 aromatic rings. The molecule has 0 saturated heterocycles. The molecule has 23 heavy (non-hydrogen) atoms. The highest BCUT2D eigenvalue weighted by Crippen LogP contribution is 2.31. The Morgan fingerprint density at radius 2 is 2.13 bits per heavy atom. The third-order valence-corrected chi connectivity index (χ3v) is 3.44. The fraction of sp³-hybridized carbons (Fsp3) is 0.357. The molecule has 1 saturated carbocycles. The van der Waals surface area contributed by atoms with Gasteiger partial charge >= 0.3 is 12.2 Å². The van der Waals surface area contributed by atoms with Crippen molar-refractivity contribution in [1.82, 2.24) is 25.8 Å². The van der Waals surface area contributed by atoms with E-state index in [0.717, 1.165) is 25.0 Å². The van der Waals surface area contributed by atoms with Gasteiger partial charge in [-0.15, -0.1) is 0 Å². The molecule has 0 aliphatic heterocycles. The van der Waals surface area contributed by atoms with Crippen LogP contribution in [0.5, 0.6) is 0 Å². The van der Waals surface area contributed by atoms with E-state index in [2.05, 4.69) is 25.8 Å². The van der Waals surface area contributed by atoms with Crippen LogP contribution < -0.4 is 10.6 Å². The van der Waals surface area contributed by atoms with Gasteiger partial charge in [0, 0.05) is 6.04 Å². The van der Waals surface area contributed by atoms with Gasteiger partial charge < -0.3 is 10.6 Å². The number of aromatic nitrogens is 3. The van der Waals surface area contributed by atoms with Crippen LogP contribution in [0.4, 0.5) is 18.0 Å². The summed E-state index contributed by atoms with van der Waals surface area (Å²) in [5, 5.41) is 11.6. The minimum Gasteiger partial charge on any atom is -0.335 e. The van der Waals surface area contributed by atoms with E-state index >= 15 is 0 Å². The maximum absolute atomic E-state index is 12.9. The maximum Gasteiger partial charge on any atom is 0.416 e. The molecule has 0 unspecified atom stereocenters. The molecule has 1 aliphatic carbocycles. The highest BCUT2D eigenvalue weighted by atomic mass is 19.4. The molecule has 1 fully saturated rings. The number of hydrogen-bond donors (Lipinski definition) is 3. The molecule has 6 nitrogen and oxygen atoms in total. The summed E-state index contributed by atoms with van der Waals surface area (Å²) in [4.78, 5) is 15.9. The summed E-state index contributed by atoms with van der Waals surface area (Å²) in [5.74, 6) is 0.260. The van der Waals surface area contributed by atoms with Gasteiger partial charge in [-0.1, -0.05) is 12.1 Å². The Labute approximate surface area is 129 Å². The van der Waals surface area contributed by atoms with Gasteiger partial charge in [-0.25, -0.2) is 9.78 Å². The first-order chi connectivity index (χ1) is 10.9. The maximum atomic E-state index is 12.9. The molecule has 2 amide bonds. The minimum atomic E-state index is -4.46. The van der Waals surface area contributed by atoms with E-state index in [1.807, 2.05) is 0 Å². The van der Waals surface area contributed by atoms with Crippen LogP contribution in [0.2, 0.25) is 0 Å². The molecule has 122 valence electrons. The van der Waals surface area contributed by atoms with Crippen LogP contribution in [0, 0.1) is 0 Å². The molecule has 0 radical (unpaired) electrons. The van der Waals surface area contributed by atoms with Gasteiger partial charge in [0.25, 0.3) is 0 Å². The van der Waals surface area contributed by atoms with Gasteiger partial charge in [0.2, 0.25) is 0 Å². The number of H-pyrrole nitrogens is 1. The zero-order valence-electron chi connectivity index (χ0n) is 11.9. The first-order valence-corrected chi connectivity index (χ1v) is 7.03. The number of carbonyl (C=O) groups excluding carboxylic acids is 1. The van der Waals surface area contributed by atoms with E-state index in [0.29, 0.717) is 0 Å². The highest BCUT2D eigenvalue weighted by Gasteiger charge is 2.32. The summed E-state index contributed by atoms with van der Waals surface area (Å²) in [7, 11) is 0. The number of alkyl halides is 3. The van der Waals surface area contributed by atoms with Crippen molar-refractivity contribution in [3.05, 3.63) is 47.5 Å². The Kier molecular flexibility index (Phi) is 3.93. The normalized spacial score (nSPS) is 16.0. The molecular formula is C14H14F3N5O. The average molecular weight is 325 g/mol. The van der Waals surface area contributed by atoms with Crippen LogP contribution >= 0.6 is 0 Å². The number of nitrogens with one attached hydrogen (secondary N) is 3. The standard InChI is InChI=1S/C14H14F3N5O/c15-14(16,17)9-3-1-2-8(6-9)11(12-18-7-19-22-12)21-13(23)20-10-4-5-10/h1-3,6-7,10-11H,4-5H2,(H,18,19,22)(H2,20,21,23)/t11-/m0/s1. The zero-order chi connectivity index (χ0) is 16.4. The number of urea groups is 1. The highest BCUT2D eigenvalue weighted by molar-refractivity contribution is 5.75. The molecule has 1 atom stereocenters. The van der Waals surface area contributed by atoms with Crippen LogP contribution in [0.15, 0.2) is 30.6 Å². The summed E-state index contributed by atoms with van der Waals surface area (Å²) in [6.45, 7) is 0. The lowest BCUT2D eigenvalue weighted by Gasteiger charge is -2.18. The number of carbonyl (C=O) groups is 1. The van der Waals surface area contributed by atoms with Crippen LogP contribution in [0.3, 0.4) is 0 Å². The predicted molar refractivity (Wildman–Crippen MR) is 74.4 cm³/mol. The van der Waals surface area contributed by atoms with E-state index < -0.39 is 23.8 Å². The van der Waals surface area contributed by atoms with E-state index in [1.54, 1.807) is 0 Å². The lowest BCUT2D eigenvalue weighted by atomic mass is 10.0. The average Bonchev–Trinajstić information content (AvgIpc) is 3.14. The van der Waals surface area contributed by atoms with Crippen LogP contribution in [-0.4, -0.2) is 27.3 Å². The van der Waals surface area contributed by atoms with Crippen molar-refractivity contribution in [1.29, 1.82) is 0 Å². The molecule has 1 heterocycles. The van der Waals surface area contributed by atoms with Gasteiger partial charge in [0.1, 0.15) is 12.4 Å². The Morgan fingerprint density at radius 1 is 1.35 bits per heavy atom. The predicted octanol–water partition coefficient (Wildman–Crippen LogP) is 2.37. The van der Waals surface area contributed by atoms with Crippen molar-refractivity contribution in [2.75, 3.05) is 0 Å². The first kappa shape index (κ1) is 15.3. The molecule has 1 aromatic carbocycles. The molecule has 1 aromatic heterocycles. The summed E-state index contributed by atoms with van der Waals surface area (Å²) < 4.78 is 38.6. The monoisotopic (exact) mass is 325 g/mol. The van der Waals surface area contributed by atoms with Crippen LogP contribution in [-0.2, 0) is 6.18 Å². The van der Waals surface area contributed by atoms with E-state index in [4.69, 9.17) is 0 Å². The van der Waals surface area contributed by atoms with Gasteiger partial charge in [-0.3, -0.25) is 5.10 Å². The molecule has 3 N–H and O–H groups in total. The minimum absolute atomic E-state index is 0.131. The van der Waals surface area contributed by atoms with Gasteiger partial charge in [0.05, 0.1) is 5.56 Å². The molecule has 0 spiro atoms. The molecule has 0 bridgehead atoms. The second-order valence-corrected chi connectivity index (χ2v) is 5.32. The van der Waals surface area contributed by atoms with Gasteiger partial charge in [0.15, 0.2) is 5.82 Å². The van der Waals surface area contributed by atoms with Crippen molar-refractivity contribution < 1.29 is 18.0 Å². The molecular weight excluding hydrogens is 311 g/mol. The lowest BCUT2D eigenvalue weighted by molar-refractivity contribution is -0.137. The Balaban J connectivity index is 1.87. The number of rotatable bonds is 4. The fourth-order valence-electron chi connectivity index (χ4n) is 2.14. The number of benzene rings is 1. The van der Waals surface area contributed by atoms with Crippen molar-refractivity contribution in [3.8, 4) is 0 Å². The second kappa shape index (κ2) is 5.90. The van der Waals surface area contributed by atoms with Gasteiger partial charge in [-0.05, 0) is 30.5 Å². The summed E-state index contributed by atoms with van der Waals surface area (Å²) >= 11 is 0.